The second kappa shape index (κ2) is 6.68. The van der Waals surface area contributed by atoms with E-state index >= 15 is 0 Å². The first kappa shape index (κ1) is 13.2. The van der Waals surface area contributed by atoms with Crippen LogP contribution in [0.2, 0.25) is 0 Å². The Hall–Kier alpha value is -1.84. The van der Waals surface area contributed by atoms with Gasteiger partial charge in [-0.1, -0.05) is 13.3 Å². The van der Waals surface area contributed by atoms with Gasteiger partial charge in [0, 0.05) is 24.7 Å². The highest BCUT2D eigenvalue weighted by molar-refractivity contribution is 5.95. The van der Waals surface area contributed by atoms with E-state index in [2.05, 4.69) is 10.6 Å². The molecule has 1 aromatic carbocycles. The van der Waals surface area contributed by atoms with Gasteiger partial charge >= 0.3 is 0 Å². The van der Waals surface area contributed by atoms with E-state index in [0.29, 0.717) is 12.0 Å². The second-order valence-corrected chi connectivity index (χ2v) is 3.81. The number of carbonyl (C=O) groups excluding carboxylic acids is 2. The summed E-state index contributed by atoms with van der Waals surface area (Å²) in [6.07, 6.45) is 2.43. The van der Waals surface area contributed by atoms with Crippen molar-refractivity contribution in [2.24, 2.45) is 0 Å². The topological polar surface area (TPSA) is 58.2 Å². The van der Waals surface area contributed by atoms with E-state index in [0.717, 1.165) is 18.5 Å². The standard InChI is InChI=1S/C13H18N2O2/c1-3-4-5-12(16)15-11-8-6-10(7-9-11)13(17)14-2/h6-9H,3-5H2,1-2H3,(H,14,17)(H,15,16). The van der Waals surface area contributed by atoms with Crippen LogP contribution < -0.4 is 10.6 Å². The molecular formula is C13H18N2O2. The first-order valence-electron chi connectivity index (χ1n) is 5.79. The molecule has 1 aromatic rings. The summed E-state index contributed by atoms with van der Waals surface area (Å²) < 4.78 is 0. The summed E-state index contributed by atoms with van der Waals surface area (Å²) in [7, 11) is 1.59. The third-order valence-corrected chi connectivity index (χ3v) is 2.42. The number of hydrogen-bond donors (Lipinski definition) is 2. The summed E-state index contributed by atoms with van der Waals surface area (Å²) in [5, 5.41) is 5.33. The third kappa shape index (κ3) is 4.26. The Morgan fingerprint density at radius 3 is 2.35 bits per heavy atom. The van der Waals surface area contributed by atoms with Crippen molar-refractivity contribution in [1.82, 2.24) is 5.32 Å². The molecular weight excluding hydrogens is 216 g/mol. The molecule has 0 saturated carbocycles. The van der Waals surface area contributed by atoms with Crippen LogP contribution in [0.15, 0.2) is 24.3 Å². The van der Waals surface area contributed by atoms with Crippen LogP contribution in [0.5, 0.6) is 0 Å². The molecule has 0 aliphatic rings. The summed E-state index contributed by atoms with van der Waals surface area (Å²) in [5.41, 5.74) is 1.30. The van der Waals surface area contributed by atoms with E-state index in [9.17, 15) is 9.59 Å². The van der Waals surface area contributed by atoms with Gasteiger partial charge in [0.1, 0.15) is 0 Å². The Morgan fingerprint density at radius 1 is 1.18 bits per heavy atom. The van der Waals surface area contributed by atoms with Gasteiger partial charge in [0.05, 0.1) is 0 Å². The van der Waals surface area contributed by atoms with Crippen molar-refractivity contribution in [3.63, 3.8) is 0 Å². The minimum Gasteiger partial charge on any atom is -0.355 e. The van der Waals surface area contributed by atoms with Crippen molar-refractivity contribution in [2.45, 2.75) is 26.2 Å². The molecule has 0 bridgehead atoms. The Labute approximate surface area is 101 Å². The highest BCUT2D eigenvalue weighted by atomic mass is 16.2. The van der Waals surface area contributed by atoms with Crippen LogP contribution in [0, 0.1) is 0 Å². The van der Waals surface area contributed by atoms with Crippen molar-refractivity contribution >= 4 is 17.5 Å². The molecule has 17 heavy (non-hydrogen) atoms. The van der Waals surface area contributed by atoms with Crippen LogP contribution >= 0.6 is 0 Å². The van der Waals surface area contributed by atoms with Crippen LogP contribution in [0.4, 0.5) is 5.69 Å². The zero-order valence-corrected chi connectivity index (χ0v) is 10.2. The molecule has 0 spiro atoms. The summed E-state index contributed by atoms with van der Waals surface area (Å²) in [4.78, 5) is 22.7. The van der Waals surface area contributed by atoms with Gasteiger partial charge in [-0.3, -0.25) is 9.59 Å². The maximum atomic E-state index is 11.5. The van der Waals surface area contributed by atoms with Crippen LogP contribution in [0.1, 0.15) is 36.5 Å². The highest BCUT2D eigenvalue weighted by Crippen LogP contribution is 2.10. The van der Waals surface area contributed by atoms with E-state index in [4.69, 9.17) is 0 Å². The van der Waals surface area contributed by atoms with Crippen molar-refractivity contribution in [2.75, 3.05) is 12.4 Å². The van der Waals surface area contributed by atoms with Crippen molar-refractivity contribution in [1.29, 1.82) is 0 Å². The molecule has 0 heterocycles. The van der Waals surface area contributed by atoms with E-state index in [1.165, 1.54) is 0 Å². The SMILES string of the molecule is CCCCC(=O)Nc1ccc(C(=O)NC)cc1. The minimum atomic E-state index is -0.131. The number of hydrogen-bond acceptors (Lipinski definition) is 2. The minimum absolute atomic E-state index is 0.0135. The van der Waals surface area contributed by atoms with E-state index < -0.39 is 0 Å². The number of carbonyl (C=O) groups is 2. The number of benzene rings is 1. The maximum Gasteiger partial charge on any atom is 0.251 e. The summed E-state index contributed by atoms with van der Waals surface area (Å²) in [6.45, 7) is 2.05. The van der Waals surface area contributed by atoms with Crippen LogP contribution in [0.25, 0.3) is 0 Å². The quantitative estimate of drug-likeness (QED) is 0.820. The lowest BCUT2D eigenvalue weighted by molar-refractivity contribution is -0.116. The average molecular weight is 234 g/mol. The van der Waals surface area contributed by atoms with Gasteiger partial charge < -0.3 is 10.6 Å². The van der Waals surface area contributed by atoms with Gasteiger partial charge in [-0.15, -0.1) is 0 Å². The molecule has 0 atom stereocenters. The van der Waals surface area contributed by atoms with Gasteiger partial charge in [-0.2, -0.15) is 0 Å². The van der Waals surface area contributed by atoms with E-state index in [1.54, 1.807) is 31.3 Å². The first-order chi connectivity index (χ1) is 8.17. The Balaban J connectivity index is 2.56. The molecule has 0 unspecified atom stereocenters. The summed E-state index contributed by atoms with van der Waals surface area (Å²) in [5.74, 6) is -0.117. The Kier molecular flexibility index (Phi) is 5.20. The van der Waals surface area contributed by atoms with E-state index in [-0.39, 0.29) is 11.8 Å². The molecule has 0 aromatic heterocycles. The molecule has 0 fully saturated rings. The predicted octanol–water partition coefficient (Wildman–Crippen LogP) is 2.17. The maximum absolute atomic E-state index is 11.5. The lowest BCUT2D eigenvalue weighted by Crippen LogP contribution is -2.17. The van der Waals surface area contributed by atoms with Crippen molar-refractivity contribution in [3.05, 3.63) is 29.8 Å². The Bertz CT molecular complexity index is 385. The summed E-state index contributed by atoms with van der Waals surface area (Å²) >= 11 is 0. The fourth-order valence-electron chi connectivity index (χ4n) is 1.41. The lowest BCUT2D eigenvalue weighted by Gasteiger charge is -2.05. The lowest BCUT2D eigenvalue weighted by atomic mass is 10.2. The zero-order valence-electron chi connectivity index (χ0n) is 10.2. The zero-order chi connectivity index (χ0) is 12.7. The number of nitrogens with one attached hydrogen (secondary N) is 2. The number of unbranched alkanes of at least 4 members (excludes halogenated alkanes) is 1. The number of anilines is 1. The molecule has 4 nitrogen and oxygen atoms in total. The molecule has 1 rings (SSSR count). The predicted molar refractivity (Wildman–Crippen MR) is 68.0 cm³/mol. The second-order valence-electron chi connectivity index (χ2n) is 3.81. The average Bonchev–Trinajstić information content (AvgIpc) is 2.36. The van der Waals surface area contributed by atoms with Crippen LogP contribution in [-0.2, 0) is 4.79 Å². The van der Waals surface area contributed by atoms with Gasteiger partial charge in [-0.05, 0) is 30.7 Å². The number of rotatable bonds is 5. The summed E-state index contributed by atoms with van der Waals surface area (Å²) in [6, 6.07) is 6.84. The third-order valence-electron chi connectivity index (χ3n) is 2.42. The molecule has 0 saturated heterocycles. The fourth-order valence-corrected chi connectivity index (χ4v) is 1.41. The fraction of sp³-hybridized carbons (Fsp3) is 0.385. The largest absolute Gasteiger partial charge is 0.355 e. The van der Waals surface area contributed by atoms with Gasteiger partial charge in [0.15, 0.2) is 0 Å². The van der Waals surface area contributed by atoms with Crippen molar-refractivity contribution < 1.29 is 9.59 Å². The molecule has 92 valence electrons. The first-order valence-corrected chi connectivity index (χ1v) is 5.79. The van der Waals surface area contributed by atoms with Crippen LogP contribution in [0.3, 0.4) is 0 Å². The molecule has 4 heteroatoms. The monoisotopic (exact) mass is 234 g/mol. The number of amides is 2. The van der Waals surface area contributed by atoms with Crippen molar-refractivity contribution in [3.8, 4) is 0 Å². The van der Waals surface area contributed by atoms with Gasteiger partial charge in [0.2, 0.25) is 5.91 Å². The molecule has 0 aliphatic carbocycles. The molecule has 2 amide bonds. The van der Waals surface area contributed by atoms with Crippen LogP contribution in [-0.4, -0.2) is 18.9 Å². The highest BCUT2D eigenvalue weighted by Gasteiger charge is 2.04. The van der Waals surface area contributed by atoms with Gasteiger partial charge in [-0.25, -0.2) is 0 Å². The molecule has 2 N–H and O–H groups in total. The smallest absolute Gasteiger partial charge is 0.251 e. The molecule has 0 radical (unpaired) electrons. The van der Waals surface area contributed by atoms with E-state index in [1.807, 2.05) is 6.92 Å². The molecule has 0 aliphatic heterocycles. The Morgan fingerprint density at radius 2 is 1.82 bits per heavy atom. The normalized spacial score (nSPS) is 9.76. The van der Waals surface area contributed by atoms with Gasteiger partial charge in [0.25, 0.3) is 5.91 Å².